The molecular weight excluding hydrogens is 188 g/mol. The van der Waals surface area contributed by atoms with Crippen molar-refractivity contribution >= 4 is 5.97 Å². The summed E-state index contributed by atoms with van der Waals surface area (Å²) >= 11 is 0. The summed E-state index contributed by atoms with van der Waals surface area (Å²) in [5, 5.41) is 9.44. The van der Waals surface area contributed by atoms with Crippen LogP contribution in [0.4, 0.5) is 0 Å². The van der Waals surface area contributed by atoms with Gasteiger partial charge >= 0.3 is 5.97 Å². The molecule has 0 unspecified atom stereocenters. The van der Waals surface area contributed by atoms with Crippen LogP contribution in [0.15, 0.2) is 0 Å². The van der Waals surface area contributed by atoms with Crippen LogP contribution in [-0.4, -0.2) is 11.1 Å². The molecule has 2 nitrogen and oxygen atoms in total. The molecule has 86 valence electrons. The smallest absolute Gasteiger partial charge is 0.309 e. The van der Waals surface area contributed by atoms with Crippen molar-refractivity contribution in [2.45, 2.75) is 58.8 Å². The van der Waals surface area contributed by atoms with E-state index < -0.39 is 5.97 Å². The summed E-state index contributed by atoms with van der Waals surface area (Å²) in [7, 11) is 0. The Morgan fingerprint density at radius 1 is 1.20 bits per heavy atom. The Balaban J connectivity index is 2.04. The second-order valence-corrected chi connectivity index (χ2v) is 6.40. The monoisotopic (exact) mass is 210 g/mol. The zero-order chi connectivity index (χ0) is 11.1. The molecule has 15 heavy (non-hydrogen) atoms. The summed E-state index contributed by atoms with van der Waals surface area (Å²) in [6, 6.07) is 0. The molecule has 0 saturated heterocycles. The Kier molecular flexibility index (Phi) is 2.56. The highest BCUT2D eigenvalue weighted by atomic mass is 16.4. The van der Waals surface area contributed by atoms with Gasteiger partial charge in [0.05, 0.1) is 5.41 Å². The fraction of sp³-hybridized carbons (Fsp3) is 0.923. The van der Waals surface area contributed by atoms with E-state index >= 15 is 0 Å². The van der Waals surface area contributed by atoms with Crippen LogP contribution in [0, 0.1) is 16.7 Å². The fourth-order valence-electron chi connectivity index (χ4n) is 2.79. The average Bonchev–Trinajstić information content (AvgIpc) is 2.92. The van der Waals surface area contributed by atoms with Gasteiger partial charge in [-0.25, -0.2) is 0 Å². The summed E-state index contributed by atoms with van der Waals surface area (Å²) in [5.41, 5.74) is -0.000806. The molecule has 0 spiro atoms. The molecule has 2 aliphatic rings. The van der Waals surface area contributed by atoms with Crippen LogP contribution >= 0.6 is 0 Å². The van der Waals surface area contributed by atoms with Crippen molar-refractivity contribution in [1.82, 2.24) is 0 Å². The van der Waals surface area contributed by atoms with Crippen molar-refractivity contribution < 1.29 is 9.90 Å². The largest absolute Gasteiger partial charge is 0.481 e. The molecule has 0 radical (unpaired) electrons. The molecule has 2 fully saturated rings. The molecule has 0 atom stereocenters. The Hall–Kier alpha value is -0.530. The van der Waals surface area contributed by atoms with Gasteiger partial charge in [-0.15, -0.1) is 0 Å². The van der Waals surface area contributed by atoms with E-state index in [1.54, 1.807) is 0 Å². The molecule has 2 heteroatoms. The molecule has 0 aromatic heterocycles. The van der Waals surface area contributed by atoms with Crippen molar-refractivity contribution in [2.24, 2.45) is 16.7 Å². The van der Waals surface area contributed by atoms with E-state index in [0.29, 0.717) is 5.41 Å². The van der Waals surface area contributed by atoms with Crippen molar-refractivity contribution in [2.75, 3.05) is 0 Å². The fourth-order valence-corrected chi connectivity index (χ4v) is 2.79. The second kappa shape index (κ2) is 3.50. The molecule has 0 heterocycles. The highest BCUT2D eigenvalue weighted by molar-refractivity contribution is 5.74. The average molecular weight is 210 g/mol. The highest BCUT2D eigenvalue weighted by Gasteiger charge is 2.46. The van der Waals surface area contributed by atoms with Crippen molar-refractivity contribution in [3.63, 3.8) is 0 Å². The van der Waals surface area contributed by atoms with Gasteiger partial charge in [-0.1, -0.05) is 26.7 Å². The van der Waals surface area contributed by atoms with Crippen LogP contribution in [-0.2, 0) is 4.79 Å². The quantitative estimate of drug-likeness (QED) is 0.774. The van der Waals surface area contributed by atoms with Gasteiger partial charge in [0.2, 0.25) is 0 Å². The minimum Gasteiger partial charge on any atom is -0.481 e. The van der Waals surface area contributed by atoms with E-state index in [1.165, 1.54) is 12.8 Å². The van der Waals surface area contributed by atoms with Crippen molar-refractivity contribution in [3.05, 3.63) is 0 Å². The topological polar surface area (TPSA) is 37.3 Å². The SMILES string of the molecule is CC1(C)CCC(CC2CC2)(C(=O)O)CC1. The lowest BCUT2D eigenvalue weighted by molar-refractivity contribution is -0.153. The first-order valence-electron chi connectivity index (χ1n) is 6.17. The maximum Gasteiger partial charge on any atom is 0.309 e. The van der Waals surface area contributed by atoms with Gasteiger partial charge in [0.15, 0.2) is 0 Å². The van der Waals surface area contributed by atoms with Crippen LogP contribution < -0.4 is 0 Å². The predicted octanol–water partition coefficient (Wildman–Crippen LogP) is 3.46. The molecule has 0 aliphatic heterocycles. The van der Waals surface area contributed by atoms with E-state index in [0.717, 1.165) is 38.0 Å². The van der Waals surface area contributed by atoms with Gasteiger partial charge < -0.3 is 5.11 Å². The zero-order valence-electron chi connectivity index (χ0n) is 9.88. The van der Waals surface area contributed by atoms with Crippen molar-refractivity contribution in [3.8, 4) is 0 Å². The molecule has 2 rings (SSSR count). The van der Waals surface area contributed by atoms with Gasteiger partial charge in [-0.3, -0.25) is 4.79 Å². The van der Waals surface area contributed by atoms with Crippen LogP contribution in [0.1, 0.15) is 58.8 Å². The number of hydrogen-bond acceptors (Lipinski definition) is 1. The number of carboxylic acid groups (broad SMARTS) is 1. The number of carbonyl (C=O) groups is 1. The molecule has 0 bridgehead atoms. The summed E-state index contributed by atoms with van der Waals surface area (Å²) in [4.78, 5) is 11.5. The predicted molar refractivity (Wildman–Crippen MR) is 59.7 cm³/mol. The third-order valence-electron chi connectivity index (χ3n) is 4.39. The zero-order valence-corrected chi connectivity index (χ0v) is 9.88. The van der Waals surface area contributed by atoms with E-state index in [1.807, 2.05) is 0 Å². The standard InChI is InChI=1S/C13H22O2/c1-12(2)5-7-13(8-6-12,11(14)15)9-10-3-4-10/h10H,3-9H2,1-2H3,(H,14,15). The minimum atomic E-state index is -0.537. The van der Waals surface area contributed by atoms with E-state index in [4.69, 9.17) is 0 Å². The maximum absolute atomic E-state index is 11.5. The number of rotatable bonds is 3. The van der Waals surface area contributed by atoms with Gasteiger partial charge in [-0.2, -0.15) is 0 Å². The lowest BCUT2D eigenvalue weighted by atomic mass is 9.63. The lowest BCUT2D eigenvalue weighted by Gasteiger charge is -2.41. The molecular formula is C13H22O2. The first-order valence-corrected chi connectivity index (χ1v) is 6.17. The van der Waals surface area contributed by atoms with Crippen LogP contribution in [0.2, 0.25) is 0 Å². The summed E-state index contributed by atoms with van der Waals surface area (Å²) in [6.45, 7) is 4.52. The van der Waals surface area contributed by atoms with E-state index in [2.05, 4.69) is 13.8 Å². The van der Waals surface area contributed by atoms with Crippen LogP contribution in [0.25, 0.3) is 0 Å². The number of hydrogen-bond donors (Lipinski definition) is 1. The molecule has 0 amide bonds. The number of aliphatic carboxylic acids is 1. The second-order valence-electron chi connectivity index (χ2n) is 6.40. The molecule has 2 aliphatic carbocycles. The minimum absolute atomic E-state index is 0.364. The first-order chi connectivity index (χ1) is 6.94. The third-order valence-corrected chi connectivity index (χ3v) is 4.39. The summed E-state index contributed by atoms with van der Waals surface area (Å²) in [6.07, 6.45) is 7.41. The van der Waals surface area contributed by atoms with E-state index in [-0.39, 0.29) is 5.41 Å². The lowest BCUT2D eigenvalue weighted by Crippen LogP contribution is -2.38. The summed E-state index contributed by atoms with van der Waals surface area (Å²) < 4.78 is 0. The van der Waals surface area contributed by atoms with Crippen LogP contribution in [0.5, 0.6) is 0 Å². The summed E-state index contributed by atoms with van der Waals surface area (Å²) in [5.74, 6) is 0.187. The van der Waals surface area contributed by atoms with Crippen LogP contribution in [0.3, 0.4) is 0 Å². The Bertz CT molecular complexity index is 254. The molecule has 0 aromatic rings. The number of carboxylic acids is 1. The normalized spacial score (nSPS) is 28.7. The van der Waals surface area contributed by atoms with Crippen molar-refractivity contribution in [1.29, 1.82) is 0 Å². The molecule has 1 N–H and O–H groups in total. The van der Waals surface area contributed by atoms with Gasteiger partial charge in [0, 0.05) is 0 Å². The Labute approximate surface area is 92.1 Å². The highest BCUT2D eigenvalue weighted by Crippen LogP contribution is 2.51. The van der Waals surface area contributed by atoms with Gasteiger partial charge in [0.25, 0.3) is 0 Å². The third kappa shape index (κ3) is 2.35. The maximum atomic E-state index is 11.5. The first kappa shape index (κ1) is 11.0. The molecule has 0 aromatic carbocycles. The molecule has 2 saturated carbocycles. The van der Waals surface area contributed by atoms with E-state index in [9.17, 15) is 9.90 Å². The Morgan fingerprint density at radius 2 is 1.73 bits per heavy atom. The van der Waals surface area contributed by atoms with Gasteiger partial charge in [0.1, 0.15) is 0 Å². The Morgan fingerprint density at radius 3 is 2.13 bits per heavy atom. The van der Waals surface area contributed by atoms with Gasteiger partial charge in [-0.05, 0) is 43.4 Å².